The quantitative estimate of drug-likeness (QED) is 0.0367. The Hall–Kier alpha value is -1.89. The number of hydrogen-bond donors (Lipinski definition) is 3. The van der Waals surface area contributed by atoms with Gasteiger partial charge >= 0.3 is 11.9 Å². The number of esters is 1. The number of nitrogens with one attached hydrogen (secondary N) is 1. The number of amides is 1. The third-order valence-corrected chi connectivity index (χ3v) is 8.58. The number of nitrogens with two attached hydrogens (primary N) is 1. The summed E-state index contributed by atoms with van der Waals surface area (Å²) in [6, 6.07) is -0.852. The average Bonchev–Trinajstić information content (AvgIpc) is 3.02. The summed E-state index contributed by atoms with van der Waals surface area (Å²) in [5.74, 6) is -1.24. The van der Waals surface area contributed by atoms with E-state index in [1.165, 1.54) is 89.9 Å². The van der Waals surface area contributed by atoms with Crippen LogP contribution in [-0.2, 0) is 19.1 Å². The van der Waals surface area contributed by atoms with E-state index in [-0.39, 0.29) is 18.0 Å². The first kappa shape index (κ1) is 43.1. The summed E-state index contributed by atoms with van der Waals surface area (Å²) in [5, 5.41) is 11.9. The maximum Gasteiger partial charge on any atom is 0.326 e. The number of hydrogen-bond acceptors (Lipinski definition) is 5. The monoisotopic (exact) mass is 637 g/mol. The van der Waals surface area contributed by atoms with Gasteiger partial charge in [-0.05, 0) is 77.2 Å². The Kier molecular flexibility index (Phi) is 32.1. The molecule has 0 aromatic heterocycles. The van der Waals surface area contributed by atoms with Gasteiger partial charge < -0.3 is 20.9 Å². The van der Waals surface area contributed by atoms with E-state index in [9.17, 15) is 19.5 Å². The molecule has 4 N–H and O–H groups in total. The summed E-state index contributed by atoms with van der Waals surface area (Å²) >= 11 is 0. The first-order chi connectivity index (χ1) is 21.9. The zero-order valence-electron chi connectivity index (χ0n) is 29.5. The molecule has 0 aromatic rings. The Balaban J connectivity index is 4.27. The number of carbonyl (C=O) groups is 3. The maximum absolute atomic E-state index is 12.7. The van der Waals surface area contributed by atoms with Gasteiger partial charge in [0.1, 0.15) is 12.1 Å². The Morgan fingerprint density at radius 1 is 0.622 bits per heavy atom. The van der Waals surface area contributed by atoms with Crippen LogP contribution in [0.5, 0.6) is 0 Å². The van der Waals surface area contributed by atoms with Crippen LogP contribution in [0.25, 0.3) is 0 Å². The Morgan fingerprint density at radius 2 is 1.11 bits per heavy atom. The molecule has 0 aliphatic heterocycles. The van der Waals surface area contributed by atoms with E-state index in [0.717, 1.165) is 64.2 Å². The SMILES string of the molecule is CCCC/C=C\CCCCCCCC(=O)OC(CCCCCCCCCC)CCCCCCCC(=O)NC(CCCN)C(=O)O. The molecule has 264 valence electrons. The van der Waals surface area contributed by atoms with Crippen molar-refractivity contribution in [3.8, 4) is 0 Å². The summed E-state index contributed by atoms with van der Waals surface area (Å²) in [6.45, 7) is 4.89. The zero-order chi connectivity index (χ0) is 33.2. The number of aliphatic carboxylic acids is 1. The molecule has 7 heteroatoms. The first-order valence-electron chi connectivity index (χ1n) is 19.0. The lowest BCUT2D eigenvalue weighted by atomic mass is 10.0. The van der Waals surface area contributed by atoms with E-state index in [1.807, 2.05) is 0 Å². The van der Waals surface area contributed by atoms with Crippen LogP contribution in [0.3, 0.4) is 0 Å². The van der Waals surface area contributed by atoms with E-state index < -0.39 is 12.0 Å². The smallest absolute Gasteiger partial charge is 0.326 e. The summed E-state index contributed by atoms with van der Waals surface area (Å²) in [7, 11) is 0. The molecule has 7 nitrogen and oxygen atoms in total. The first-order valence-corrected chi connectivity index (χ1v) is 19.0. The van der Waals surface area contributed by atoms with Crippen LogP contribution in [-0.4, -0.2) is 41.6 Å². The minimum absolute atomic E-state index is 0.0179. The van der Waals surface area contributed by atoms with Crippen LogP contribution in [0, 0.1) is 0 Å². The van der Waals surface area contributed by atoms with Gasteiger partial charge in [-0.3, -0.25) is 9.59 Å². The topological polar surface area (TPSA) is 119 Å². The van der Waals surface area contributed by atoms with Crippen LogP contribution >= 0.6 is 0 Å². The lowest BCUT2D eigenvalue weighted by Crippen LogP contribution is -2.40. The molecule has 0 fully saturated rings. The van der Waals surface area contributed by atoms with Crippen molar-refractivity contribution >= 4 is 17.8 Å². The highest BCUT2D eigenvalue weighted by atomic mass is 16.5. The van der Waals surface area contributed by atoms with Crippen molar-refractivity contribution in [1.29, 1.82) is 0 Å². The molecule has 0 aromatic carbocycles. The number of unbranched alkanes of at least 4 members (excludes halogenated alkanes) is 18. The van der Waals surface area contributed by atoms with Crippen LogP contribution in [0.4, 0.5) is 0 Å². The Morgan fingerprint density at radius 3 is 1.67 bits per heavy atom. The van der Waals surface area contributed by atoms with Crippen molar-refractivity contribution in [1.82, 2.24) is 5.32 Å². The van der Waals surface area contributed by atoms with Gasteiger partial charge in [0.05, 0.1) is 0 Å². The third kappa shape index (κ3) is 30.5. The molecular weight excluding hydrogens is 564 g/mol. The molecule has 2 unspecified atom stereocenters. The Bertz CT molecular complexity index is 727. The number of allylic oxidation sites excluding steroid dienone is 2. The maximum atomic E-state index is 12.7. The molecule has 1 amide bonds. The molecule has 45 heavy (non-hydrogen) atoms. The van der Waals surface area contributed by atoms with Gasteiger partial charge in [-0.2, -0.15) is 0 Å². The summed E-state index contributed by atoms with van der Waals surface area (Å²) in [5.41, 5.74) is 5.47. The van der Waals surface area contributed by atoms with Crippen molar-refractivity contribution < 1.29 is 24.2 Å². The highest BCUT2D eigenvalue weighted by Gasteiger charge is 2.19. The highest BCUT2D eigenvalue weighted by molar-refractivity contribution is 5.83. The molecule has 0 radical (unpaired) electrons. The molecule has 0 spiro atoms. The third-order valence-electron chi connectivity index (χ3n) is 8.58. The van der Waals surface area contributed by atoms with E-state index in [4.69, 9.17) is 10.5 Å². The molecule has 0 saturated heterocycles. The molecule has 0 aliphatic carbocycles. The molecular formula is C38H72N2O5. The second-order valence-electron chi connectivity index (χ2n) is 13.0. The van der Waals surface area contributed by atoms with E-state index in [2.05, 4.69) is 31.3 Å². The molecule has 0 saturated carbocycles. The van der Waals surface area contributed by atoms with Gasteiger partial charge in [0.25, 0.3) is 0 Å². The van der Waals surface area contributed by atoms with Crippen molar-refractivity contribution in [2.75, 3.05) is 6.54 Å². The van der Waals surface area contributed by atoms with Crippen molar-refractivity contribution in [2.24, 2.45) is 5.73 Å². The van der Waals surface area contributed by atoms with Gasteiger partial charge in [0, 0.05) is 12.8 Å². The number of rotatable bonds is 34. The minimum atomic E-state index is -1.00. The fourth-order valence-electron chi connectivity index (χ4n) is 5.67. The highest BCUT2D eigenvalue weighted by Crippen LogP contribution is 2.19. The standard InChI is InChI=1S/C38H72N2O5/c1-3-5-7-9-11-13-14-15-17-22-26-32-37(42)45-34(28-23-19-16-12-10-8-6-4-2)29-24-20-18-21-25-31-36(41)40-35(38(43)44)30-27-33-39/h9,11,34-35H,3-8,10,12-33,39H2,1-2H3,(H,40,41)(H,43,44)/b11-9-. The molecule has 2 atom stereocenters. The minimum Gasteiger partial charge on any atom is -0.480 e. The van der Waals surface area contributed by atoms with Crippen molar-refractivity contribution in [2.45, 2.75) is 206 Å². The van der Waals surface area contributed by atoms with Crippen LogP contribution in [0.2, 0.25) is 0 Å². The number of carboxylic acids is 1. The van der Waals surface area contributed by atoms with E-state index in [0.29, 0.717) is 32.2 Å². The van der Waals surface area contributed by atoms with E-state index in [1.54, 1.807) is 0 Å². The second kappa shape index (κ2) is 33.5. The van der Waals surface area contributed by atoms with Gasteiger partial charge in [-0.25, -0.2) is 4.79 Å². The lowest BCUT2D eigenvalue weighted by molar-refractivity contribution is -0.150. The Labute approximate surface area is 277 Å². The van der Waals surface area contributed by atoms with Crippen molar-refractivity contribution in [3.05, 3.63) is 12.2 Å². The largest absolute Gasteiger partial charge is 0.480 e. The van der Waals surface area contributed by atoms with Crippen LogP contribution < -0.4 is 11.1 Å². The van der Waals surface area contributed by atoms with Crippen molar-refractivity contribution in [3.63, 3.8) is 0 Å². The second-order valence-corrected chi connectivity index (χ2v) is 13.0. The predicted molar refractivity (Wildman–Crippen MR) is 188 cm³/mol. The zero-order valence-corrected chi connectivity index (χ0v) is 29.5. The van der Waals surface area contributed by atoms with Gasteiger partial charge in [0.15, 0.2) is 0 Å². The number of carboxylic acid groups (broad SMARTS) is 1. The average molecular weight is 637 g/mol. The fraction of sp³-hybridized carbons (Fsp3) is 0.868. The summed E-state index contributed by atoms with van der Waals surface area (Å²) in [6.07, 6.45) is 33.9. The molecule has 0 bridgehead atoms. The molecule has 0 aliphatic rings. The summed E-state index contributed by atoms with van der Waals surface area (Å²) in [4.78, 5) is 36.1. The normalized spacial score (nSPS) is 12.8. The summed E-state index contributed by atoms with van der Waals surface area (Å²) < 4.78 is 5.99. The van der Waals surface area contributed by atoms with Crippen LogP contribution in [0.15, 0.2) is 12.2 Å². The predicted octanol–water partition coefficient (Wildman–Crippen LogP) is 9.95. The van der Waals surface area contributed by atoms with Crippen LogP contribution in [0.1, 0.15) is 194 Å². The van der Waals surface area contributed by atoms with Gasteiger partial charge in [-0.15, -0.1) is 0 Å². The molecule has 0 rings (SSSR count). The number of ether oxygens (including phenoxy) is 1. The lowest BCUT2D eigenvalue weighted by Gasteiger charge is -2.18. The number of carbonyl (C=O) groups excluding carboxylic acids is 2. The molecule has 0 heterocycles. The van der Waals surface area contributed by atoms with Gasteiger partial charge in [0.2, 0.25) is 5.91 Å². The van der Waals surface area contributed by atoms with Gasteiger partial charge in [-0.1, -0.05) is 122 Å². The fourth-order valence-corrected chi connectivity index (χ4v) is 5.67. The van der Waals surface area contributed by atoms with E-state index >= 15 is 0 Å².